The Kier molecular flexibility index (Phi) is 9.84. The van der Waals surface area contributed by atoms with E-state index in [4.69, 9.17) is 9.47 Å². The van der Waals surface area contributed by atoms with Gasteiger partial charge in [0.1, 0.15) is 23.0 Å². The number of hydrogen-bond acceptors (Lipinski definition) is 6. The van der Waals surface area contributed by atoms with Crippen LogP contribution in [0.5, 0.6) is 17.2 Å². The normalized spacial score (nSPS) is 16.6. The SMILES string of the molecule is CCN(CC)CCN1C(=O)C(=O)/C(=C(\O)c2ccc(OCC(C)C)c(C)c2)C1c1cccc(Oc2ccccc2)c1. The number of likely N-dealkylation sites (tertiary alicyclic amines) is 1. The average Bonchev–Trinajstić information content (AvgIpc) is 3.22. The molecular formula is C34H40N2O5. The van der Waals surface area contributed by atoms with Crippen LogP contribution in [0.3, 0.4) is 0 Å². The predicted molar refractivity (Wildman–Crippen MR) is 161 cm³/mol. The Morgan fingerprint density at radius 3 is 2.32 bits per heavy atom. The van der Waals surface area contributed by atoms with E-state index in [0.717, 1.165) is 24.4 Å². The monoisotopic (exact) mass is 556 g/mol. The molecule has 3 aromatic carbocycles. The van der Waals surface area contributed by atoms with E-state index in [-0.39, 0.29) is 11.3 Å². The number of carbonyl (C=O) groups excluding carboxylic acids is 2. The van der Waals surface area contributed by atoms with Gasteiger partial charge < -0.3 is 24.4 Å². The minimum Gasteiger partial charge on any atom is -0.507 e. The first-order valence-electron chi connectivity index (χ1n) is 14.3. The van der Waals surface area contributed by atoms with Gasteiger partial charge in [0.05, 0.1) is 18.2 Å². The van der Waals surface area contributed by atoms with Gasteiger partial charge in [-0.15, -0.1) is 0 Å². The van der Waals surface area contributed by atoms with E-state index in [0.29, 0.717) is 48.2 Å². The molecule has 0 bridgehead atoms. The maximum Gasteiger partial charge on any atom is 0.295 e. The first-order valence-corrected chi connectivity index (χ1v) is 14.3. The molecule has 0 saturated carbocycles. The Hall–Kier alpha value is -4.10. The lowest BCUT2D eigenvalue weighted by Gasteiger charge is -2.28. The van der Waals surface area contributed by atoms with Gasteiger partial charge in [-0.1, -0.05) is 58.0 Å². The highest BCUT2D eigenvalue weighted by atomic mass is 16.5. The van der Waals surface area contributed by atoms with Crippen LogP contribution in [-0.4, -0.2) is 59.4 Å². The number of aryl methyl sites for hydroxylation is 1. The van der Waals surface area contributed by atoms with Crippen LogP contribution in [0.1, 0.15) is 50.4 Å². The second-order valence-corrected chi connectivity index (χ2v) is 10.7. The Balaban J connectivity index is 1.76. The van der Waals surface area contributed by atoms with Gasteiger partial charge in [0.2, 0.25) is 0 Å². The quantitative estimate of drug-likeness (QED) is 0.154. The van der Waals surface area contributed by atoms with Gasteiger partial charge in [-0.3, -0.25) is 9.59 Å². The fraction of sp³-hybridized carbons (Fsp3) is 0.353. The van der Waals surface area contributed by atoms with Crippen molar-refractivity contribution in [3.05, 3.63) is 95.1 Å². The summed E-state index contributed by atoms with van der Waals surface area (Å²) in [6.45, 7) is 13.4. The van der Waals surface area contributed by atoms with Crippen molar-refractivity contribution in [1.82, 2.24) is 9.80 Å². The maximum absolute atomic E-state index is 13.5. The molecule has 41 heavy (non-hydrogen) atoms. The topological polar surface area (TPSA) is 79.3 Å². The number of aliphatic hydroxyl groups is 1. The molecule has 1 unspecified atom stereocenters. The van der Waals surface area contributed by atoms with Crippen LogP contribution >= 0.6 is 0 Å². The van der Waals surface area contributed by atoms with E-state index in [1.165, 1.54) is 0 Å². The van der Waals surface area contributed by atoms with E-state index >= 15 is 0 Å². The standard InChI is InChI=1S/C34H40N2O5/c1-6-35(7-2)18-19-36-31(25-12-11-15-28(21-25)41-27-13-9-8-10-14-27)30(33(38)34(36)39)32(37)26-16-17-29(24(5)20-26)40-22-23(3)4/h8-17,20-21,23,31,37H,6-7,18-19,22H2,1-5H3/b32-30-. The lowest BCUT2D eigenvalue weighted by atomic mass is 9.94. The third-order valence-corrected chi connectivity index (χ3v) is 7.26. The van der Waals surface area contributed by atoms with Crippen LogP contribution in [-0.2, 0) is 9.59 Å². The first kappa shape index (κ1) is 29.9. The number of ketones is 1. The summed E-state index contributed by atoms with van der Waals surface area (Å²) in [4.78, 5) is 30.7. The lowest BCUT2D eigenvalue weighted by Crippen LogP contribution is -2.38. The summed E-state index contributed by atoms with van der Waals surface area (Å²) in [5.41, 5.74) is 2.05. The van der Waals surface area contributed by atoms with Gasteiger partial charge in [-0.25, -0.2) is 0 Å². The Morgan fingerprint density at radius 2 is 1.66 bits per heavy atom. The molecule has 1 aliphatic heterocycles. The van der Waals surface area contributed by atoms with Gasteiger partial charge in [-0.05, 0) is 79.5 Å². The number of Topliss-reactive ketones (excluding diaryl/α,β-unsaturated/α-hetero) is 1. The zero-order chi connectivity index (χ0) is 29.5. The van der Waals surface area contributed by atoms with E-state index in [2.05, 4.69) is 32.6 Å². The molecule has 1 saturated heterocycles. The summed E-state index contributed by atoms with van der Waals surface area (Å²) in [5.74, 6) is 0.826. The molecule has 0 spiro atoms. The minimum absolute atomic E-state index is 0.0710. The van der Waals surface area contributed by atoms with Gasteiger partial charge in [0.25, 0.3) is 11.7 Å². The van der Waals surface area contributed by atoms with E-state index in [1.54, 1.807) is 23.1 Å². The molecule has 1 atom stereocenters. The van der Waals surface area contributed by atoms with Gasteiger partial charge >= 0.3 is 0 Å². The number of likely N-dealkylation sites (N-methyl/N-ethyl adjacent to an activating group) is 1. The number of aliphatic hydroxyl groups excluding tert-OH is 1. The molecule has 7 nitrogen and oxygen atoms in total. The average molecular weight is 557 g/mol. The smallest absolute Gasteiger partial charge is 0.295 e. The van der Waals surface area contributed by atoms with Crippen molar-refractivity contribution in [2.24, 2.45) is 5.92 Å². The van der Waals surface area contributed by atoms with E-state index in [1.807, 2.05) is 61.5 Å². The zero-order valence-electron chi connectivity index (χ0n) is 24.6. The van der Waals surface area contributed by atoms with E-state index < -0.39 is 17.7 Å². The number of ether oxygens (including phenoxy) is 2. The van der Waals surface area contributed by atoms with Crippen molar-refractivity contribution < 1.29 is 24.2 Å². The molecule has 0 radical (unpaired) electrons. The van der Waals surface area contributed by atoms with E-state index in [9.17, 15) is 14.7 Å². The van der Waals surface area contributed by atoms with Crippen LogP contribution < -0.4 is 9.47 Å². The molecule has 0 aliphatic carbocycles. The second kappa shape index (κ2) is 13.5. The Morgan fingerprint density at radius 1 is 0.951 bits per heavy atom. The molecule has 1 amide bonds. The summed E-state index contributed by atoms with van der Waals surface area (Å²) < 4.78 is 12.0. The van der Waals surface area contributed by atoms with Crippen LogP contribution in [0.25, 0.3) is 5.76 Å². The molecule has 4 rings (SSSR count). The maximum atomic E-state index is 13.5. The van der Waals surface area contributed by atoms with Crippen molar-refractivity contribution in [1.29, 1.82) is 0 Å². The second-order valence-electron chi connectivity index (χ2n) is 10.7. The highest BCUT2D eigenvalue weighted by molar-refractivity contribution is 6.46. The number of benzene rings is 3. The fourth-order valence-electron chi connectivity index (χ4n) is 4.99. The van der Waals surface area contributed by atoms with Crippen molar-refractivity contribution in [3.8, 4) is 17.2 Å². The van der Waals surface area contributed by atoms with Crippen molar-refractivity contribution >= 4 is 17.4 Å². The number of carbonyl (C=O) groups is 2. The molecule has 216 valence electrons. The minimum atomic E-state index is -0.762. The Bertz CT molecular complexity index is 1400. The molecule has 7 heteroatoms. The number of hydrogen-bond donors (Lipinski definition) is 1. The van der Waals surface area contributed by atoms with Crippen LogP contribution in [0.2, 0.25) is 0 Å². The van der Waals surface area contributed by atoms with Crippen LogP contribution in [0.4, 0.5) is 0 Å². The summed E-state index contributed by atoms with van der Waals surface area (Å²) in [6.07, 6.45) is 0. The number of amides is 1. The third-order valence-electron chi connectivity index (χ3n) is 7.26. The molecule has 1 fully saturated rings. The molecule has 3 aromatic rings. The van der Waals surface area contributed by atoms with Gasteiger partial charge in [-0.2, -0.15) is 0 Å². The summed E-state index contributed by atoms with van der Waals surface area (Å²) in [5, 5.41) is 11.6. The highest BCUT2D eigenvalue weighted by Gasteiger charge is 2.46. The molecule has 1 aliphatic rings. The van der Waals surface area contributed by atoms with Gasteiger partial charge in [0, 0.05) is 18.7 Å². The third kappa shape index (κ3) is 6.98. The number of nitrogens with zero attached hydrogens (tertiary/aromatic N) is 2. The summed E-state index contributed by atoms with van der Waals surface area (Å²) >= 11 is 0. The van der Waals surface area contributed by atoms with Crippen molar-refractivity contribution in [2.45, 2.75) is 40.7 Å². The summed E-state index contributed by atoms with van der Waals surface area (Å²) in [6, 6.07) is 21.3. The van der Waals surface area contributed by atoms with Gasteiger partial charge in [0.15, 0.2) is 0 Å². The molecule has 0 aromatic heterocycles. The Labute approximate surface area is 243 Å². The van der Waals surface area contributed by atoms with Crippen LogP contribution in [0, 0.1) is 12.8 Å². The first-order chi connectivity index (χ1) is 19.7. The largest absolute Gasteiger partial charge is 0.507 e. The van der Waals surface area contributed by atoms with Crippen molar-refractivity contribution in [2.75, 3.05) is 32.8 Å². The number of rotatable bonds is 12. The number of para-hydroxylation sites is 1. The molecule has 1 heterocycles. The predicted octanol–water partition coefficient (Wildman–Crippen LogP) is 6.59. The highest BCUT2D eigenvalue weighted by Crippen LogP contribution is 2.41. The fourth-order valence-corrected chi connectivity index (χ4v) is 4.99. The zero-order valence-corrected chi connectivity index (χ0v) is 24.6. The molecular weight excluding hydrogens is 516 g/mol. The van der Waals surface area contributed by atoms with Crippen LogP contribution in [0.15, 0.2) is 78.4 Å². The lowest BCUT2D eigenvalue weighted by molar-refractivity contribution is -0.140. The summed E-state index contributed by atoms with van der Waals surface area (Å²) in [7, 11) is 0. The van der Waals surface area contributed by atoms with Crippen molar-refractivity contribution in [3.63, 3.8) is 0 Å². The molecule has 1 N–H and O–H groups in total.